The maximum atomic E-state index is 14.9. The van der Waals surface area contributed by atoms with Crippen molar-refractivity contribution in [2.45, 2.75) is 71.3 Å². The van der Waals surface area contributed by atoms with E-state index in [0.29, 0.717) is 44.3 Å². The number of hydrogen-bond donors (Lipinski definition) is 0. The van der Waals surface area contributed by atoms with Crippen molar-refractivity contribution in [3.8, 4) is 5.75 Å². The number of carbonyl (C=O) groups is 2. The van der Waals surface area contributed by atoms with Crippen LogP contribution in [-0.4, -0.2) is 80.4 Å². The molecule has 39 heavy (non-hydrogen) atoms. The van der Waals surface area contributed by atoms with Crippen LogP contribution in [0.5, 0.6) is 5.75 Å². The van der Waals surface area contributed by atoms with E-state index in [1.807, 2.05) is 20.8 Å². The molecular formula is C27H40F2N2O7S. The molecule has 0 spiro atoms. The Kier molecular flexibility index (Phi) is 10.6. The second-order valence-electron chi connectivity index (χ2n) is 11.2. The predicted octanol–water partition coefficient (Wildman–Crippen LogP) is 4.45. The number of esters is 1. The molecule has 0 radical (unpaired) electrons. The number of sulfonamides is 1. The number of amides is 1. The molecule has 0 N–H and O–H groups in total. The molecule has 2 heterocycles. The molecule has 0 saturated carbocycles. The first-order chi connectivity index (χ1) is 18.2. The molecule has 9 nitrogen and oxygen atoms in total. The van der Waals surface area contributed by atoms with Crippen LogP contribution in [0.15, 0.2) is 12.1 Å². The Morgan fingerprint density at radius 2 is 1.59 bits per heavy atom. The first kappa shape index (κ1) is 31.1. The van der Waals surface area contributed by atoms with E-state index in [2.05, 4.69) is 0 Å². The predicted molar refractivity (Wildman–Crippen MR) is 141 cm³/mol. The maximum absolute atomic E-state index is 14.9. The summed E-state index contributed by atoms with van der Waals surface area (Å²) in [5, 5.41) is 0. The van der Waals surface area contributed by atoms with E-state index in [1.165, 1.54) is 23.4 Å². The highest BCUT2D eigenvalue weighted by atomic mass is 32.2. The Balaban J connectivity index is 1.48. The lowest BCUT2D eigenvalue weighted by molar-refractivity contribution is -0.140. The highest BCUT2D eigenvalue weighted by Crippen LogP contribution is 2.34. The minimum Gasteiger partial charge on any atom is -0.487 e. The van der Waals surface area contributed by atoms with Crippen molar-refractivity contribution in [2.75, 3.05) is 45.1 Å². The zero-order chi connectivity index (χ0) is 28.8. The van der Waals surface area contributed by atoms with Crippen molar-refractivity contribution in [1.82, 2.24) is 9.21 Å². The summed E-state index contributed by atoms with van der Waals surface area (Å²) in [5.74, 6) is -2.67. The molecule has 0 aromatic heterocycles. The first-order valence-corrected chi connectivity index (χ1v) is 15.1. The normalized spacial score (nSPS) is 18.2. The van der Waals surface area contributed by atoms with Crippen LogP contribution < -0.4 is 4.74 Å². The van der Waals surface area contributed by atoms with Crippen molar-refractivity contribution in [2.24, 2.45) is 5.92 Å². The zero-order valence-corrected chi connectivity index (χ0v) is 24.0. The van der Waals surface area contributed by atoms with E-state index < -0.39 is 39.0 Å². The van der Waals surface area contributed by atoms with Gasteiger partial charge in [0.15, 0.2) is 17.4 Å². The standard InChI is InChI=1S/C27H40F2N2O7S/c1-19(32)36-14-5-15-39(34,35)31-12-8-21(9-13-31)22-16-23(28)25(24(29)17-22)37-18-20-6-10-30(11-7-20)26(33)38-27(2,3)4/h16-17,20-21H,5-15,18H2,1-4H3. The monoisotopic (exact) mass is 574 g/mol. The fraction of sp³-hybridized carbons (Fsp3) is 0.704. The van der Waals surface area contributed by atoms with Crippen molar-refractivity contribution in [1.29, 1.82) is 0 Å². The molecule has 1 aromatic rings. The number of ether oxygens (including phenoxy) is 3. The summed E-state index contributed by atoms with van der Waals surface area (Å²) in [6.07, 6.45) is 2.02. The fourth-order valence-corrected chi connectivity index (χ4v) is 6.32. The van der Waals surface area contributed by atoms with E-state index >= 15 is 0 Å². The SMILES string of the molecule is CC(=O)OCCCS(=O)(=O)N1CCC(c2cc(F)c(OCC3CCN(C(=O)OC(C)(C)C)CC3)c(F)c2)CC1. The minimum absolute atomic E-state index is 0.0449. The van der Waals surface area contributed by atoms with E-state index in [9.17, 15) is 26.8 Å². The summed E-state index contributed by atoms with van der Waals surface area (Å²) in [5.41, 5.74) is -0.0877. The van der Waals surface area contributed by atoms with Gasteiger partial charge in [0.05, 0.1) is 19.0 Å². The van der Waals surface area contributed by atoms with Crippen molar-refractivity contribution >= 4 is 22.1 Å². The number of piperidine rings is 2. The van der Waals surface area contributed by atoms with E-state index in [4.69, 9.17) is 14.2 Å². The molecule has 0 unspecified atom stereocenters. The summed E-state index contributed by atoms with van der Waals surface area (Å²) >= 11 is 0. The van der Waals surface area contributed by atoms with Gasteiger partial charge in [-0.2, -0.15) is 0 Å². The van der Waals surface area contributed by atoms with E-state index in [1.54, 1.807) is 4.90 Å². The van der Waals surface area contributed by atoms with E-state index in [0.717, 1.165) is 0 Å². The van der Waals surface area contributed by atoms with Crippen LogP contribution in [0.3, 0.4) is 0 Å². The molecule has 3 rings (SSSR count). The van der Waals surface area contributed by atoms with Crippen LogP contribution in [0, 0.1) is 17.6 Å². The molecule has 2 fully saturated rings. The summed E-state index contributed by atoms with van der Waals surface area (Å²) in [6, 6.07) is 2.55. The Hall–Kier alpha value is -2.47. The number of likely N-dealkylation sites (tertiary alicyclic amines) is 1. The van der Waals surface area contributed by atoms with Crippen LogP contribution in [0.1, 0.15) is 71.3 Å². The van der Waals surface area contributed by atoms with Crippen molar-refractivity contribution < 1.29 is 41.0 Å². The third kappa shape index (κ3) is 9.30. The lowest BCUT2D eigenvalue weighted by Gasteiger charge is -2.33. The largest absolute Gasteiger partial charge is 0.487 e. The molecule has 1 aromatic carbocycles. The van der Waals surface area contributed by atoms with Crippen LogP contribution >= 0.6 is 0 Å². The molecule has 0 atom stereocenters. The van der Waals surface area contributed by atoms with Crippen LogP contribution in [0.2, 0.25) is 0 Å². The zero-order valence-electron chi connectivity index (χ0n) is 23.2. The van der Waals surface area contributed by atoms with Gasteiger partial charge >= 0.3 is 12.1 Å². The van der Waals surface area contributed by atoms with E-state index in [-0.39, 0.29) is 56.4 Å². The minimum atomic E-state index is -3.50. The third-order valence-corrected chi connectivity index (χ3v) is 8.88. The van der Waals surface area contributed by atoms with Crippen LogP contribution in [-0.2, 0) is 24.3 Å². The summed E-state index contributed by atoms with van der Waals surface area (Å²) in [7, 11) is -3.50. The average molecular weight is 575 g/mol. The summed E-state index contributed by atoms with van der Waals surface area (Å²) in [6.45, 7) is 8.38. The quantitative estimate of drug-likeness (QED) is 0.317. The Morgan fingerprint density at radius 3 is 2.13 bits per heavy atom. The third-order valence-electron chi connectivity index (χ3n) is 6.92. The Labute approximate surface area is 229 Å². The number of carbonyl (C=O) groups excluding carboxylic acids is 2. The topological polar surface area (TPSA) is 102 Å². The van der Waals surface area contributed by atoms with Gasteiger partial charge in [0.25, 0.3) is 0 Å². The number of nitrogens with zero attached hydrogens (tertiary/aromatic N) is 2. The van der Waals surface area contributed by atoms with Gasteiger partial charge in [-0.15, -0.1) is 0 Å². The van der Waals surface area contributed by atoms with Crippen LogP contribution in [0.25, 0.3) is 0 Å². The lowest BCUT2D eigenvalue weighted by atomic mass is 9.90. The number of halogens is 2. The molecule has 1 amide bonds. The van der Waals surface area contributed by atoms with Gasteiger partial charge in [-0.1, -0.05) is 0 Å². The molecule has 2 aliphatic heterocycles. The molecular weight excluding hydrogens is 534 g/mol. The summed E-state index contributed by atoms with van der Waals surface area (Å²) in [4.78, 5) is 24.7. The number of benzene rings is 1. The maximum Gasteiger partial charge on any atom is 0.410 e. The second kappa shape index (κ2) is 13.3. The fourth-order valence-electron chi connectivity index (χ4n) is 4.82. The number of rotatable bonds is 9. The molecule has 0 aliphatic carbocycles. The van der Waals surface area contributed by atoms with Crippen molar-refractivity contribution in [3.05, 3.63) is 29.3 Å². The Bertz CT molecular complexity index is 1080. The second-order valence-corrected chi connectivity index (χ2v) is 13.3. The lowest BCUT2D eigenvalue weighted by Crippen LogP contribution is -2.42. The summed E-state index contributed by atoms with van der Waals surface area (Å²) < 4.78 is 72.0. The van der Waals surface area contributed by atoms with Crippen molar-refractivity contribution in [3.63, 3.8) is 0 Å². The van der Waals surface area contributed by atoms with Gasteiger partial charge in [-0.25, -0.2) is 26.3 Å². The molecule has 0 bridgehead atoms. The van der Waals surface area contributed by atoms with Crippen LogP contribution in [0.4, 0.5) is 13.6 Å². The van der Waals surface area contributed by atoms with Gasteiger partial charge < -0.3 is 19.1 Å². The highest BCUT2D eigenvalue weighted by Gasteiger charge is 2.30. The average Bonchev–Trinajstić information content (AvgIpc) is 2.85. The Morgan fingerprint density at radius 1 is 1.00 bits per heavy atom. The van der Waals surface area contributed by atoms with Gasteiger partial charge in [0, 0.05) is 33.1 Å². The highest BCUT2D eigenvalue weighted by molar-refractivity contribution is 7.89. The molecule has 2 saturated heterocycles. The van der Waals surface area contributed by atoms with Gasteiger partial charge in [-0.3, -0.25) is 4.79 Å². The van der Waals surface area contributed by atoms with Gasteiger partial charge in [-0.05, 0) is 82.4 Å². The van der Waals surface area contributed by atoms with Gasteiger partial charge in [0.1, 0.15) is 5.60 Å². The first-order valence-electron chi connectivity index (χ1n) is 13.5. The molecule has 220 valence electrons. The molecule has 2 aliphatic rings. The number of hydrogen-bond acceptors (Lipinski definition) is 7. The smallest absolute Gasteiger partial charge is 0.410 e. The molecule has 12 heteroatoms. The van der Waals surface area contributed by atoms with Gasteiger partial charge in [0.2, 0.25) is 10.0 Å².